The van der Waals surface area contributed by atoms with Crippen LogP contribution in [0.1, 0.15) is 13.3 Å². The van der Waals surface area contributed by atoms with Crippen LogP contribution in [0.3, 0.4) is 0 Å². The summed E-state index contributed by atoms with van der Waals surface area (Å²) in [6, 6.07) is -0.777. The van der Waals surface area contributed by atoms with Crippen LogP contribution in [0.2, 0.25) is 0 Å². The van der Waals surface area contributed by atoms with Gasteiger partial charge >= 0.3 is 0 Å². The largest absolute Gasteiger partial charge is 0.387 e. The maximum absolute atomic E-state index is 10.0. The minimum absolute atomic E-state index is 0.307. The predicted molar refractivity (Wildman–Crippen MR) is 78.9 cm³/mol. The molecule has 1 fully saturated rings. The molecule has 114 valence electrons. The van der Waals surface area contributed by atoms with Gasteiger partial charge in [-0.1, -0.05) is 6.92 Å². The van der Waals surface area contributed by atoms with Gasteiger partial charge in [-0.05, 0) is 24.6 Å². The van der Waals surface area contributed by atoms with E-state index in [1.54, 1.807) is 0 Å². The lowest BCUT2D eigenvalue weighted by Crippen LogP contribution is -2.36. The van der Waals surface area contributed by atoms with Crippen LogP contribution >= 0.6 is 7.34 Å². The third-order valence-corrected chi connectivity index (χ3v) is 3.36. The average Bonchev–Trinajstić information content (AvgIpc) is 2.62. The number of aliphatic hydroxyl groups excluding tert-OH is 1. The zero-order valence-electron chi connectivity index (χ0n) is 11.6. The van der Waals surface area contributed by atoms with Crippen molar-refractivity contribution < 1.29 is 29.1 Å². The molecule has 1 unspecified atom stereocenters. The van der Waals surface area contributed by atoms with Gasteiger partial charge in [0.1, 0.15) is 33.5 Å². The van der Waals surface area contributed by atoms with E-state index in [0.29, 0.717) is 19.8 Å². The molecule has 0 aliphatic carbocycles. The van der Waals surface area contributed by atoms with E-state index in [9.17, 15) is 14.9 Å². The first-order valence-electron chi connectivity index (χ1n) is 6.51. The molecular weight excluding hydrogens is 282 g/mol. The summed E-state index contributed by atoms with van der Waals surface area (Å²) in [7, 11) is 2.44. The van der Waals surface area contributed by atoms with Crippen LogP contribution in [0.25, 0.3) is 0 Å². The zero-order chi connectivity index (χ0) is 15.2. The molecule has 1 aliphatic rings. The van der Waals surface area contributed by atoms with Gasteiger partial charge in [0.25, 0.3) is 0 Å². The predicted octanol–water partition coefficient (Wildman–Crippen LogP) is -0.170. The number of rotatable bonds is 8. The molecule has 6 nitrogen and oxygen atoms in total. The van der Waals surface area contributed by atoms with Gasteiger partial charge in [-0.15, -0.1) is 0 Å². The molecule has 1 rings (SSSR count). The van der Waals surface area contributed by atoms with E-state index in [1.165, 1.54) is 6.08 Å². The van der Waals surface area contributed by atoms with Crippen molar-refractivity contribution in [1.82, 2.24) is 0 Å². The Hall–Kier alpha value is -0.135. The highest BCUT2D eigenvalue weighted by molar-refractivity contribution is 7.65. The molecule has 0 bridgehead atoms. The number of ether oxygens (including phenoxy) is 3. The van der Waals surface area contributed by atoms with Crippen LogP contribution in [0.5, 0.6) is 0 Å². The first-order valence-corrected chi connectivity index (χ1v) is 8.46. The molecule has 4 atom stereocenters. The molecule has 1 saturated heterocycles. The summed E-state index contributed by atoms with van der Waals surface area (Å²) in [5, 5.41) is 10.0. The molecule has 0 amide bonds. The minimum atomic E-state index is -3.29. The Morgan fingerprint density at radius 2 is 2.05 bits per heavy atom. The third kappa shape index (κ3) is 6.10. The van der Waals surface area contributed by atoms with Crippen LogP contribution in [0.4, 0.5) is 0 Å². The molecule has 3 N–H and O–H groups in total. The van der Waals surface area contributed by atoms with E-state index < -0.39 is 31.7 Å². The Balaban J connectivity index is 2.42. The molecule has 0 saturated carbocycles. The second-order valence-electron chi connectivity index (χ2n) is 4.63. The molecule has 0 spiro atoms. The summed E-state index contributed by atoms with van der Waals surface area (Å²) in [5.74, 6) is 1.13. The van der Waals surface area contributed by atoms with Crippen molar-refractivity contribution in [2.24, 2.45) is 0 Å². The topological polar surface area (TPSA) is 88.4 Å². The summed E-state index contributed by atoms with van der Waals surface area (Å²) in [6.07, 6.45) is 3.08. The molecule has 2 radical (unpaired) electrons. The van der Waals surface area contributed by atoms with Crippen molar-refractivity contribution in [1.29, 1.82) is 0 Å². The highest BCUT2D eigenvalue weighted by Gasteiger charge is 2.40. The fourth-order valence-electron chi connectivity index (χ4n) is 1.79. The molecule has 8 heteroatoms. The monoisotopic (exact) mass is 304 g/mol. The summed E-state index contributed by atoms with van der Waals surface area (Å²) in [4.78, 5) is 18.3. The van der Waals surface area contributed by atoms with Gasteiger partial charge < -0.3 is 29.1 Å². The van der Waals surface area contributed by atoms with Gasteiger partial charge in [0.15, 0.2) is 0 Å². The summed E-state index contributed by atoms with van der Waals surface area (Å²) in [6.45, 7) is 3.40. The second-order valence-corrected chi connectivity index (χ2v) is 6.50. The van der Waals surface area contributed by atoms with Crippen LogP contribution in [0, 0.1) is 0 Å². The van der Waals surface area contributed by atoms with E-state index >= 15 is 0 Å². The Labute approximate surface area is 120 Å². The van der Waals surface area contributed by atoms with Crippen molar-refractivity contribution in [2.45, 2.75) is 37.7 Å². The van der Waals surface area contributed by atoms with Gasteiger partial charge in [-0.2, -0.15) is 0 Å². The second kappa shape index (κ2) is 8.34. The molecule has 0 aromatic heterocycles. The van der Waals surface area contributed by atoms with E-state index in [1.807, 2.05) is 6.92 Å². The van der Waals surface area contributed by atoms with Gasteiger partial charge in [-0.3, -0.25) is 0 Å². The van der Waals surface area contributed by atoms with E-state index in [0.717, 1.165) is 12.2 Å². The fraction of sp³-hybridized carbons (Fsp3) is 0.750. The maximum atomic E-state index is 10.0. The minimum Gasteiger partial charge on any atom is -0.387 e. The number of hydrogen-bond acceptors (Lipinski definition) is 6. The Morgan fingerprint density at radius 3 is 2.65 bits per heavy atom. The zero-order valence-corrected chi connectivity index (χ0v) is 12.5. The smallest absolute Gasteiger partial charge is 0.134 e. The van der Waals surface area contributed by atoms with Crippen LogP contribution in [-0.2, 0) is 14.2 Å². The van der Waals surface area contributed by atoms with Crippen LogP contribution in [0.15, 0.2) is 11.9 Å². The number of aliphatic hydroxyl groups is 1. The van der Waals surface area contributed by atoms with E-state index in [2.05, 4.69) is 6.30 Å². The van der Waals surface area contributed by atoms with E-state index in [-0.39, 0.29) is 0 Å². The van der Waals surface area contributed by atoms with Crippen molar-refractivity contribution >= 4 is 21.5 Å². The van der Waals surface area contributed by atoms with Gasteiger partial charge in [-0.25, -0.2) is 0 Å². The summed E-state index contributed by atoms with van der Waals surface area (Å²) < 4.78 is 16.0. The highest BCUT2D eigenvalue weighted by atomic mass is 31.2. The highest BCUT2D eigenvalue weighted by Crippen LogP contribution is 2.36. The molecule has 1 aliphatic heterocycles. The van der Waals surface area contributed by atoms with Crippen molar-refractivity contribution in [3.63, 3.8) is 0 Å². The third-order valence-electron chi connectivity index (χ3n) is 2.71. The molecule has 1 heterocycles. The Morgan fingerprint density at radius 1 is 1.35 bits per heavy atom. The van der Waals surface area contributed by atoms with E-state index in [4.69, 9.17) is 22.1 Å². The van der Waals surface area contributed by atoms with Gasteiger partial charge in [0, 0.05) is 12.6 Å². The van der Waals surface area contributed by atoms with Crippen LogP contribution < -0.4 is 0 Å². The lowest BCUT2D eigenvalue weighted by molar-refractivity contribution is -0.0421. The first kappa shape index (κ1) is 17.9. The fourth-order valence-corrected chi connectivity index (χ4v) is 2.23. The quantitative estimate of drug-likeness (QED) is 0.328. The lowest BCUT2D eigenvalue weighted by Gasteiger charge is -2.18. The SMILES string of the molecule is [B][C@@H]1O[C@H](/C=C/P(=C)(O)O)[C@H](O)C1OCCOCCC. The van der Waals surface area contributed by atoms with Gasteiger partial charge in [0.05, 0.1) is 13.2 Å². The molecule has 0 aromatic carbocycles. The average molecular weight is 304 g/mol. The maximum Gasteiger partial charge on any atom is 0.134 e. The molecule has 20 heavy (non-hydrogen) atoms. The van der Waals surface area contributed by atoms with Crippen molar-refractivity contribution in [3.8, 4) is 0 Å². The Kier molecular flexibility index (Phi) is 7.47. The molecule has 0 aromatic rings. The summed E-state index contributed by atoms with van der Waals surface area (Å²) >= 11 is 0. The van der Waals surface area contributed by atoms with Crippen molar-refractivity contribution in [2.75, 3.05) is 19.8 Å². The van der Waals surface area contributed by atoms with Crippen molar-refractivity contribution in [3.05, 3.63) is 11.9 Å². The lowest BCUT2D eigenvalue weighted by atomic mass is 9.93. The Bertz CT molecular complexity index is 358. The van der Waals surface area contributed by atoms with Gasteiger partial charge in [0.2, 0.25) is 0 Å². The summed E-state index contributed by atoms with van der Waals surface area (Å²) in [5.41, 5.74) is 0. The molecular formula is C12H22BO6P. The first-order chi connectivity index (χ1) is 9.35. The normalized spacial score (nSPS) is 31.2. The standard InChI is InChI=1S/C12H22BO6P/c1-3-5-17-6-7-18-11-10(14)9(19-12(11)13)4-8-20(2,15)16/h4,8-12,14-16H,2-3,5-7H2,1H3/b8-4+/t9-,10+,11?,12-/m1/s1. The number of hydrogen-bond donors (Lipinski definition) is 3. The van der Waals surface area contributed by atoms with Crippen LogP contribution in [-0.4, -0.2) is 73.2 Å².